The number of nitrogens with two attached hydrogens (primary N) is 1. The molecule has 2 N–H and O–H groups in total. The molecular weight excluding hydrogens is 410 g/mol. The standard InChI is InChI=1S/C21H20F2N4O2S/c22-21(23,17-4-2-1-3-5-17)30(28)19-11-15(16-13-25-20(24)26-14-16)10-18(12-19)27-6-8-29-9-7-27/h1-5,10-14H,6-9H2,(H2,24,25,26). The molecule has 156 valence electrons. The number of nitrogen functional groups attached to an aromatic ring is 1. The van der Waals surface area contributed by atoms with Gasteiger partial charge in [0, 0.05) is 48.9 Å². The molecule has 1 saturated heterocycles. The van der Waals surface area contributed by atoms with Gasteiger partial charge in [0.25, 0.3) is 0 Å². The molecule has 1 aliphatic heterocycles. The Morgan fingerprint density at radius 1 is 1.00 bits per heavy atom. The molecule has 3 aromatic rings. The third-order valence-electron chi connectivity index (χ3n) is 4.83. The second-order valence-electron chi connectivity index (χ2n) is 6.80. The molecule has 0 amide bonds. The van der Waals surface area contributed by atoms with E-state index in [-0.39, 0.29) is 16.4 Å². The monoisotopic (exact) mass is 430 g/mol. The minimum atomic E-state index is -3.54. The number of hydrogen-bond donors (Lipinski definition) is 1. The fourth-order valence-electron chi connectivity index (χ4n) is 3.24. The van der Waals surface area contributed by atoms with Crippen molar-refractivity contribution in [3.63, 3.8) is 0 Å². The van der Waals surface area contributed by atoms with Crippen LogP contribution in [0, 0.1) is 0 Å². The predicted octanol–water partition coefficient (Wildman–Crippen LogP) is 3.42. The number of aromatic nitrogens is 2. The zero-order valence-electron chi connectivity index (χ0n) is 16.0. The van der Waals surface area contributed by atoms with E-state index in [4.69, 9.17) is 10.5 Å². The summed E-state index contributed by atoms with van der Waals surface area (Å²) in [6, 6.07) is 12.1. The Morgan fingerprint density at radius 2 is 1.67 bits per heavy atom. The highest BCUT2D eigenvalue weighted by atomic mass is 32.2. The molecule has 9 heteroatoms. The molecule has 0 radical (unpaired) electrons. The van der Waals surface area contributed by atoms with E-state index in [1.165, 1.54) is 42.7 Å². The summed E-state index contributed by atoms with van der Waals surface area (Å²) < 4.78 is 48.4. The van der Waals surface area contributed by atoms with E-state index in [1.54, 1.807) is 12.1 Å². The SMILES string of the molecule is Nc1ncc(-c2cc(N3CCOCC3)cc([S+]([O-])C(F)(F)c3ccccc3)c2)cn1. The minimum absolute atomic E-state index is 0.0275. The van der Waals surface area contributed by atoms with Crippen molar-refractivity contribution in [3.05, 3.63) is 66.5 Å². The Bertz CT molecular complexity index is 1000. The van der Waals surface area contributed by atoms with Crippen LogP contribution in [0.5, 0.6) is 0 Å². The molecule has 4 rings (SSSR count). The topological polar surface area (TPSA) is 87.3 Å². The summed E-state index contributed by atoms with van der Waals surface area (Å²) in [6.45, 7) is 2.30. The van der Waals surface area contributed by atoms with E-state index < -0.39 is 16.4 Å². The van der Waals surface area contributed by atoms with Crippen LogP contribution in [0.15, 0.2) is 65.8 Å². The van der Waals surface area contributed by atoms with E-state index in [9.17, 15) is 4.55 Å². The first-order chi connectivity index (χ1) is 14.4. The molecule has 0 spiro atoms. The first-order valence-corrected chi connectivity index (χ1v) is 10.5. The second-order valence-corrected chi connectivity index (χ2v) is 8.32. The van der Waals surface area contributed by atoms with E-state index in [0.29, 0.717) is 43.1 Å². The molecule has 1 aliphatic rings. The molecule has 1 unspecified atom stereocenters. The number of benzene rings is 2. The van der Waals surface area contributed by atoms with Crippen molar-refractivity contribution < 1.29 is 18.1 Å². The summed E-state index contributed by atoms with van der Waals surface area (Å²) in [4.78, 5) is 10.0. The maximum absolute atomic E-state index is 15.0. The normalized spacial score (nSPS) is 15.8. The fourth-order valence-corrected chi connectivity index (χ4v) is 4.34. The number of anilines is 2. The molecule has 6 nitrogen and oxygen atoms in total. The quantitative estimate of drug-likeness (QED) is 0.624. The smallest absolute Gasteiger partial charge is 0.439 e. The third-order valence-corrected chi connectivity index (χ3v) is 6.19. The Balaban J connectivity index is 1.77. The fraction of sp³-hybridized carbons (Fsp3) is 0.238. The van der Waals surface area contributed by atoms with Gasteiger partial charge >= 0.3 is 5.25 Å². The number of alkyl halides is 2. The van der Waals surface area contributed by atoms with Crippen LogP contribution < -0.4 is 10.6 Å². The molecule has 0 bridgehead atoms. The zero-order chi connectivity index (χ0) is 21.1. The van der Waals surface area contributed by atoms with Crippen LogP contribution in [0.2, 0.25) is 0 Å². The number of hydrogen-bond acceptors (Lipinski definition) is 6. The van der Waals surface area contributed by atoms with Crippen molar-refractivity contribution in [2.75, 3.05) is 36.9 Å². The lowest BCUT2D eigenvalue weighted by molar-refractivity contribution is 0.0906. The first kappa shape index (κ1) is 20.5. The van der Waals surface area contributed by atoms with E-state index in [2.05, 4.69) is 9.97 Å². The first-order valence-electron chi connectivity index (χ1n) is 9.36. The second kappa shape index (κ2) is 8.55. The number of morpholine rings is 1. The van der Waals surface area contributed by atoms with Crippen molar-refractivity contribution in [1.29, 1.82) is 0 Å². The van der Waals surface area contributed by atoms with E-state index in [0.717, 1.165) is 0 Å². The predicted molar refractivity (Wildman–Crippen MR) is 112 cm³/mol. The van der Waals surface area contributed by atoms with Gasteiger partial charge in [-0.2, -0.15) is 0 Å². The molecule has 0 aliphatic carbocycles. The zero-order valence-corrected chi connectivity index (χ0v) is 16.8. The molecule has 1 aromatic heterocycles. The minimum Gasteiger partial charge on any atom is -0.606 e. The molecule has 1 atom stereocenters. The molecular formula is C21H20F2N4O2S. The van der Waals surface area contributed by atoms with Crippen molar-refractivity contribution in [3.8, 4) is 11.1 Å². The average Bonchev–Trinajstić information content (AvgIpc) is 2.80. The van der Waals surface area contributed by atoms with Gasteiger partial charge in [0.15, 0.2) is 4.90 Å². The summed E-state index contributed by atoms with van der Waals surface area (Å²) in [6.07, 6.45) is 3.03. The van der Waals surface area contributed by atoms with Crippen LogP contribution in [-0.4, -0.2) is 40.8 Å². The van der Waals surface area contributed by atoms with Crippen LogP contribution in [0.3, 0.4) is 0 Å². The van der Waals surface area contributed by atoms with E-state index >= 15 is 8.78 Å². The number of halogens is 2. The molecule has 0 saturated carbocycles. The average molecular weight is 430 g/mol. The highest BCUT2D eigenvalue weighted by molar-refractivity contribution is 7.92. The number of nitrogens with zero attached hydrogens (tertiary/aromatic N) is 3. The number of rotatable bonds is 5. The van der Waals surface area contributed by atoms with Crippen LogP contribution in [-0.2, 0) is 21.2 Å². The van der Waals surface area contributed by atoms with Gasteiger partial charge in [0.1, 0.15) is 0 Å². The molecule has 30 heavy (non-hydrogen) atoms. The van der Waals surface area contributed by atoms with E-state index in [1.807, 2.05) is 11.0 Å². The Hall–Kier alpha value is -2.75. The van der Waals surface area contributed by atoms with Gasteiger partial charge in [-0.3, -0.25) is 0 Å². The van der Waals surface area contributed by atoms with Gasteiger partial charge in [0.05, 0.1) is 30.0 Å². The van der Waals surface area contributed by atoms with Gasteiger partial charge in [-0.1, -0.05) is 18.2 Å². The van der Waals surface area contributed by atoms with Gasteiger partial charge in [-0.15, -0.1) is 8.78 Å². The lowest BCUT2D eigenvalue weighted by Gasteiger charge is -2.30. The summed E-state index contributed by atoms with van der Waals surface area (Å²) in [5.41, 5.74) is 7.15. The van der Waals surface area contributed by atoms with Gasteiger partial charge in [0.2, 0.25) is 5.95 Å². The van der Waals surface area contributed by atoms with Crippen LogP contribution >= 0.6 is 0 Å². The largest absolute Gasteiger partial charge is 0.606 e. The van der Waals surface area contributed by atoms with Gasteiger partial charge in [-0.05, 0) is 23.8 Å². The molecule has 2 aromatic carbocycles. The highest BCUT2D eigenvalue weighted by Gasteiger charge is 2.47. The third kappa shape index (κ3) is 4.23. The van der Waals surface area contributed by atoms with Crippen LogP contribution in [0.25, 0.3) is 11.1 Å². The lowest BCUT2D eigenvalue weighted by atomic mass is 10.1. The summed E-state index contributed by atoms with van der Waals surface area (Å²) in [5.74, 6) is 0.113. The van der Waals surface area contributed by atoms with Gasteiger partial charge < -0.3 is 19.9 Å². The lowest BCUT2D eigenvalue weighted by Crippen LogP contribution is -2.36. The summed E-state index contributed by atoms with van der Waals surface area (Å²) in [5, 5.41) is -3.54. The molecule has 2 heterocycles. The maximum Gasteiger partial charge on any atom is 0.439 e. The Morgan fingerprint density at radius 3 is 2.33 bits per heavy atom. The maximum atomic E-state index is 15.0. The summed E-state index contributed by atoms with van der Waals surface area (Å²) >= 11 is -2.60. The van der Waals surface area contributed by atoms with Crippen molar-refractivity contribution in [2.24, 2.45) is 0 Å². The van der Waals surface area contributed by atoms with Crippen molar-refractivity contribution in [2.45, 2.75) is 10.2 Å². The number of ether oxygens (including phenoxy) is 1. The van der Waals surface area contributed by atoms with Gasteiger partial charge in [-0.25, -0.2) is 9.97 Å². The van der Waals surface area contributed by atoms with Crippen molar-refractivity contribution in [1.82, 2.24) is 9.97 Å². The molecule has 1 fully saturated rings. The van der Waals surface area contributed by atoms with Crippen molar-refractivity contribution >= 4 is 22.8 Å². The van der Waals surface area contributed by atoms with Crippen LogP contribution in [0.4, 0.5) is 20.4 Å². The Kier molecular flexibility index (Phi) is 5.85. The van der Waals surface area contributed by atoms with Crippen LogP contribution in [0.1, 0.15) is 5.56 Å². The highest BCUT2D eigenvalue weighted by Crippen LogP contribution is 2.40. The summed E-state index contributed by atoms with van der Waals surface area (Å²) in [7, 11) is 0. The Labute approximate surface area is 175 Å².